The van der Waals surface area contributed by atoms with Gasteiger partial charge in [0.25, 0.3) is 5.91 Å². The first-order valence-corrected chi connectivity index (χ1v) is 6.74. The van der Waals surface area contributed by atoms with Gasteiger partial charge in [-0.1, -0.05) is 25.4 Å². The van der Waals surface area contributed by atoms with E-state index in [9.17, 15) is 9.59 Å². The number of hydrogen-bond acceptors (Lipinski definition) is 2. The zero-order valence-electron chi connectivity index (χ0n) is 11.2. The molecule has 104 valence electrons. The van der Waals surface area contributed by atoms with Crippen LogP contribution in [0.25, 0.3) is 0 Å². The second-order valence-corrected chi connectivity index (χ2v) is 4.80. The number of halogens is 1. The Labute approximate surface area is 118 Å². The summed E-state index contributed by atoms with van der Waals surface area (Å²) >= 11 is 5.74. The summed E-state index contributed by atoms with van der Waals surface area (Å²) in [5.41, 5.74) is 0.553. The number of hydrogen-bond donors (Lipinski definition) is 2. The lowest BCUT2D eigenvalue weighted by Crippen LogP contribution is -2.36. The van der Waals surface area contributed by atoms with Crippen LogP contribution in [0, 0.1) is 5.92 Å². The fraction of sp³-hybridized carbons (Fsp3) is 0.429. The number of carbonyl (C=O) groups excluding carboxylic acids is 2. The van der Waals surface area contributed by atoms with Crippen molar-refractivity contribution < 1.29 is 9.59 Å². The minimum Gasteiger partial charge on any atom is -0.354 e. The number of amides is 2. The van der Waals surface area contributed by atoms with Gasteiger partial charge < -0.3 is 10.6 Å². The van der Waals surface area contributed by atoms with Gasteiger partial charge in [-0.05, 0) is 30.7 Å². The molecule has 1 atom stereocenters. The highest BCUT2D eigenvalue weighted by Crippen LogP contribution is 2.09. The molecule has 0 aliphatic heterocycles. The summed E-state index contributed by atoms with van der Waals surface area (Å²) in [7, 11) is 0. The van der Waals surface area contributed by atoms with Gasteiger partial charge in [-0.15, -0.1) is 0 Å². The van der Waals surface area contributed by atoms with Gasteiger partial charge in [-0.2, -0.15) is 0 Å². The summed E-state index contributed by atoms with van der Waals surface area (Å²) in [5.74, 6) is -0.148. The van der Waals surface area contributed by atoms with Crippen LogP contribution in [0.5, 0.6) is 0 Å². The van der Waals surface area contributed by atoms with E-state index in [-0.39, 0.29) is 17.7 Å². The molecule has 2 amide bonds. The molecule has 1 aromatic carbocycles. The van der Waals surface area contributed by atoms with Crippen LogP contribution in [-0.4, -0.2) is 24.9 Å². The van der Waals surface area contributed by atoms with Gasteiger partial charge in [-0.3, -0.25) is 9.59 Å². The van der Waals surface area contributed by atoms with Crippen molar-refractivity contribution in [3.63, 3.8) is 0 Å². The van der Waals surface area contributed by atoms with Crippen LogP contribution in [0.4, 0.5) is 0 Å². The standard InChI is InChI=1S/C14H19ClN2O2/c1-3-10(2)13(18)16-8-9-17-14(19)11-4-6-12(15)7-5-11/h4-7,10H,3,8-9H2,1-2H3,(H,16,18)(H,17,19)/t10-/m0/s1. The van der Waals surface area contributed by atoms with Crippen LogP contribution in [0.2, 0.25) is 5.02 Å². The first kappa shape index (κ1) is 15.5. The smallest absolute Gasteiger partial charge is 0.251 e. The molecular weight excluding hydrogens is 264 g/mol. The molecule has 2 N–H and O–H groups in total. The zero-order chi connectivity index (χ0) is 14.3. The number of rotatable bonds is 6. The van der Waals surface area contributed by atoms with Crippen molar-refractivity contribution in [1.82, 2.24) is 10.6 Å². The Hall–Kier alpha value is -1.55. The fourth-order valence-electron chi connectivity index (χ4n) is 1.42. The highest BCUT2D eigenvalue weighted by atomic mass is 35.5. The molecule has 0 fully saturated rings. The Morgan fingerprint density at radius 3 is 2.32 bits per heavy atom. The maximum Gasteiger partial charge on any atom is 0.251 e. The van der Waals surface area contributed by atoms with Crippen molar-refractivity contribution in [2.75, 3.05) is 13.1 Å². The lowest BCUT2D eigenvalue weighted by molar-refractivity contribution is -0.124. The zero-order valence-corrected chi connectivity index (χ0v) is 12.0. The number of benzene rings is 1. The van der Waals surface area contributed by atoms with Gasteiger partial charge in [0.05, 0.1) is 0 Å². The van der Waals surface area contributed by atoms with Crippen LogP contribution in [0.1, 0.15) is 30.6 Å². The molecular formula is C14H19ClN2O2. The molecule has 4 nitrogen and oxygen atoms in total. The van der Waals surface area contributed by atoms with E-state index in [4.69, 9.17) is 11.6 Å². The topological polar surface area (TPSA) is 58.2 Å². The maximum absolute atomic E-state index is 11.7. The minimum absolute atomic E-state index is 0.00645. The summed E-state index contributed by atoms with van der Waals surface area (Å²) in [4.78, 5) is 23.2. The summed E-state index contributed by atoms with van der Waals surface area (Å²) in [6.45, 7) is 4.68. The second-order valence-electron chi connectivity index (χ2n) is 4.36. The first-order valence-electron chi connectivity index (χ1n) is 6.36. The molecule has 0 saturated heterocycles. The molecule has 1 aromatic rings. The van der Waals surface area contributed by atoms with Crippen LogP contribution in [-0.2, 0) is 4.79 Å². The molecule has 5 heteroatoms. The lowest BCUT2D eigenvalue weighted by Gasteiger charge is -2.10. The molecule has 0 aliphatic carbocycles. The van der Waals surface area contributed by atoms with Gasteiger partial charge in [0.1, 0.15) is 0 Å². The molecule has 0 aliphatic rings. The summed E-state index contributed by atoms with van der Waals surface area (Å²) in [5, 5.41) is 6.10. The number of nitrogens with one attached hydrogen (secondary N) is 2. The van der Waals surface area contributed by atoms with E-state index >= 15 is 0 Å². The fourth-order valence-corrected chi connectivity index (χ4v) is 1.55. The third-order valence-corrected chi connectivity index (χ3v) is 3.13. The minimum atomic E-state index is -0.172. The van der Waals surface area contributed by atoms with Gasteiger partial charge >= 0.3 is 0 Å². The average molecular weight is 283 g/mol. The van der Waals surface area contributed by atoms with Crippen LogP contribution < -0.4 is 10.6 Å². The van der Waals surface area contributed by atoms with Crippen molar-refractivity contribution in [3.8, 4) is 0 Å². The molecule has 0 radical (unpaired) electrons. The van der Waals surface area contributed by atoms with E-state index in [1.54, 1.807) is 24.3 Å². The van der Waals surface area contributed by atoms with Crippen molar-refractivity contribution in [2.24, 2.45) is 5.92 Å². The molecule has 0 saturated carbocycles. The third-order valence-electron chi connectivity index (χ3n) is 2.88. The SMILES string of the molecule is CC[C@H](C)C(=O)NCCNC(=O)c1ccc(Cl)cc1. The quantitative estimate of drug-likeness (QED) is 0.786. The van der Waals surface area contributed by atoms with E-state index in [1.165, 1.54) is 0 Å². The van der Waals surface area contributed by atoms with Crippen molar-refractivity contribution in [3.05, 3.63) is 34.9 Å². The monoisotopic (exact) mass is 282 g/mol. The van der Waals surface area contributed by atoms with E-state index in [2.05, 4.69) is 10.6 Å². The Morgan fingerprint density at radius 1 is 1.16 bits per heavy atom. The average Bonchev–Trinajstić information content (AvgIpc) is 2.42. The molecule has 0 bridgehead atoms. The van der Waals surface area contributed by atoms with Gasteiger partial charge in [0.2, 0.25) is 5.91 Å². The highest BCUT2D eigenvalue weighted by Gasteiger charge is 2.09. The Kier molecular flexibility index (Phi) is 6.36. The van der Waals surface area contributed by atoms with Crippen LogP contribution >= 0.6 is 11.6 Å². The Morgan fingerprint density at radius 2 is 1.74 bits per heavy atom. The van der Waals surface area contributed by atoms with Crippen molar-refractivity contribution in [2.45, 2.75) is 20.3 Å². The van der Waals surface area contributed by atoms with Crippen LogP contribution in [0.15, 0.2) is 24.3 Å². The molecule has 0 unspecified atom stereocenters. The summed E-state index contributed by atoms with van der Waals surface area (Å²) in [6, 6.07) is 6.66. The van der Waals surface area contributed by atoms with E-state index in [0.717, 1.165) is 6.42 Å². The molecule has 0 aromatic heterocycles. The molecule has 0 heterocycles. The lowest BCUT2D eigenvalue weighted by atomic mass is 10.1. The second kappa shape index (κ2) is 7.79. The van der Waals surface area contributed by atoms with E-state index in [0.29, 0.717) is 23.7 Å². The van der Waals surface area contributed by atoms with Gasteiger partial charge in [0.15, 0.2) is 0 Å². The van der Waals surface area contributed by atoms with Crippen LogP contribution in [0.3, 0.4) is 0 Å². The largest absolute Gasteiger partial charge is 0.354 e. The van der Waals surface area contributed by atoms with Crippen molar-refractivity contribution in [1.29, 1.82) is 0 Å². The predicted octanol–water partition coefficient (Wildman–Crippen LogP) is 2.23. The first-order chi connectivity index (χ1) is 9.04. The Balaban J connectivity index is 2.28. The molecule has 1 rings (SSSR count). The molecule has 19 heavy (non-hydrogen) atoms. The summed E-state index contributed by atoms with van der Waals surface area (Å²) < 4.78 is 0. The van der Waals surface area contributed by atoms with Crippen molar-refractivity contribution >= 4 is 23.4 Å². The maximum atomic E-state index is 11.7. The van der Waals surface area contributed by atoms with E-state index < -0.39 is 0 Å². The summed E-state index contributed by atoms with van der Waals surface area (Å²) in [6.07, 6.45) is 0.808. The molecule has 0 spiro atoms. The Bertz CT molecular complexity index is 432. The third kappa shape index (κ3) is 5.30. The normalized spacial score (nSPS) is 11.7. The number of carbonyl (C=O) groups is 2. The highest BCUT2D eigenvalue weighted by molar-refractivity contribution is 6.30. The predicted molar refractivity (Wildman–Crippen MR) is 76.2 cm³/mol. The van der Waals surface area contributed by atoms with E-state index in [1.807, 2.05) is 13.8 Å². The van der Waals surface area contributed by atoms with Gasteiger partial charge in [-0.25, -0.2) is 0 Å². The van der Waals surface area contributed by atoms with Gasteiger partial charge in [0, 0.05) is 29.6 Å².